The largest absolute Gasteiger partial charge is 0.493 e. The second kappa shape index (κ2) is 11.9. The van der Waals surface area contributed by atoms with E-state index in [4.69, 9.17) is 18.9 Å². The van der Waals surface area contributed by atoms with Crippen LogP contribution in [0.1, 0.15) is 41.5 Å². The van der Waals surface area contributed by atoms with Crippen LogP contribution in [0, 0.1) is 0 Å². The zero-order chi connectivity index (χ0) is 29.1. The van der Waals surface area contributed by atoms with Crippen molar-refractivity contribution in [3.8, 4) is 23.0 Å². The summed E-state index contributed by atoms with van der Waals surface area (Å²) >= 11 is 0. The lowest BCUT2D eigenvalue weighted by Gasteiger charge is -2.31. The minimum absolute atomic E-state index is 0.0747. The third-order valence-electron chi connectivity index (χ3n) is 7.93. The van der Waals surface area contributed by atoms with Crippen molar-refractivity contribution in [3.05, 3.63) is 119 Å². The molecule has 2 N–H and O–H groups in total. The number of hydrogen-bond acceptors (Lipinski definition) is 7. The zero-order valence-corrected chi connectivity index (χ0v) is 24.0. The van der Waals surface area contributed by atoms with E-state index < -0.39 is 6.04 Å². The van der Waals surface area contributed by atoms with E-state index in [9.17, 15) is 4.79 Å². The lowest BCUT2D eigenvalue weighted by atomic mass is 9.78. The van der Waals surface area contributed by atoms with Crippen LogP contribution in [0.2, 0.25) is 0 Å². The van der Waals surface area contributed by atoms with Crippen molar-refractivity contribution in [2.75, 3.05) is 32.0 Å². The first-order valence-electron chi connectivity index (χ1n) is 14.0. The molecule has 0 saturated carbocycles. The lowest BCUT2D eigenvalue weighted by molar-refractivity contribution is -0.116. The van der Waals surface area contributed by atoms with E-state index in [1.165, 1.54) is 0 Å². The molecule has 2 aliphatic rings. The van der Waals surface area contributed by atoms with Gasteiger partial charge in [-0.05, 0) is 53.8 Å². The number of ether oxygens (including phenoxy) is 4. The monoisotopic (exact) mass is 562 g/mol. The van der Waals surface area contributed by atoms with Gasteiger partial charge in [0, 0.05) is 23.3 Å². The number of fused-ring (bicyclic) bond motifs is 1. The van der Waals surface area contributed by atoms with Gasteiger partial charge in [-0.25, -0.2) is 0 Å². The second-order valence-corrected chi connectivity index (χ2v) is 10.4. The highest BCUT2D eigenvalue weighted by molar-refractivity contribution is 6.01. The Labute approximate surface area is 246 Å². The predicted molar refractivity (Wildman–Crippen MR) is 164 cm³/mol. The summed E-state index contributed by atoms with van der Waals surface area (Å²) in [6.45, 7) is 0.433. The topological polar surface area (TPSA) is 78.1 Å². The van der Waals surface area contributed by atoms with E-state index in [-0.39, 0.29) is 11.7 Å². The minimum atomic E-state index is -0.392. The van der Waals surface area contributed by atoms with Gasteiger partial charge in [-0.15, -0.1) is 0 Å². The second-order valence-electron chi connectivity index (χ2n) is 10.4. The molecule has 1 aliphatic heterocycles. The number of benzene rings is 4. The molecule has 0 amide bonds. The van der Waals surface area contributed by atoms with E-state index in [1.54, 1.807) is 21.3 Å². The van der Waals surface area contributed by atoms with Crippen molar-refractivity contribution in [2.45, 2.75) is 31.4 Å². The van der Waals surface area contributed by atoms with Crippen molar-refractivity contribution in [2.24, 2.45) is 0 Å². The Kier molecular flexibility index (Phi) is 7.73. The van der Waals surface area contributed by atoms with E-state index in [0.29, 0.717) is 36.7 Å². The summed E-state index contributed by atoms with van der Waals surface area (Å²) in [5.74, 6) is 2.41. The Morgan fingerprint density at radius 1 is 0.738 bits per heavy atom. The third-order valence-corrected chi connectivity index (χ3v) is 7.93. The van der Waals surface area contributed by atoms with Crippen molar-refractivity contribution >= 4 is 17.2 Å². The van der Waals surface area contributed by atoms with Gasteiger partial charge in [0.1, 0.15) is 12.4 Å². The fourth-order valence-electron chi connectivity index (χ4n) is 5.88. The molecule has 0 unspecified atom stereocenters. The summed E-state index contributed by atoms with van der Waals surface area (Å²) in [5.41, 5.74) is 6.42. The first-order valence-corrected chi connectivity index (χ1v) is 14.0. The Balaban J connectivity index is 1.41. The van der Waals surface area contributed by atoms with Gasteiger partial charge in [-0.3, -0.25) is 4.79 Å². The maximum atomic E-state index is 14.2. The Morgan fingerprint density at radius 2 is 1.40 bits per heavy atom. The number of allylic oxidation sites excluding steroid dienone is 1. The number of Topliss-reactive ketones (excluding diaryl/α,β-unsaturated/α-hetero) is 1. The number of nitrogens with one attached hydrogen (secondary N) is 2. The minimum Gasteiger partial charge on any atom is -0.493 e. The molecule has 0 bridgehead atoms. The van der Waals surface area contributed by atoms with Gasteiger partial charge >= 0.3 is 0 Å². The smallest absolute Gasteiger partial charge is 0.203 e. The number of anilines is 2. The summed E-state index contributed by atoms with van der Waals surface area (Å²) in [7, 11) is 4.79. The van der Waals surface area contributed by atoms with E-state index in [1.807, 2.05) is 91.0 Å². The molecular formula is C35H34N2O5. The molecule has 6 rings (SSSR count). The van der Waals surface area contributed by atoms with Crippen molar-refractivity contribution in [1.29, 1.82) is 0 Å². The molecule has 0 spiro atoms. The van der Waals surface area contributed by atoms with Gasteiger partial charge in [-0.2, -0.15) is 0 Å². The molecule has 0 fully saturated rings. The van der Waals surface area contributed by atoms with Gasteiger partial charge in [-0.1, -0.05) is 60.7 Å². The highest BCUT2D eigenvalue weighted by atomic mass is 16.5. The van der Waals surface area contributed by atoms with Crippen LogP contribution in [0.3, 0.4) is 0 Å². The number of carbonyl (C=O) groups excluding carboxylic acids is 1. The quantitative estimate of drug-likeness (QED) is 0.234. The molecular weight excluding hydrogens is 528 g/mol. The summed E-state index contributed by atoms with van der Waals surface area (Å²) in [6, 6.07) is 29.6. The Hall–Kier alpha value is -4.91. The Morgan fingerprint density at radius 3 is 2.12 bits per heavy atom. The van der Waals surface area contributed by atoms with Gasteiger partial charge in [0.05, 0.1) is 38.7 Å². The van der Waals surface area contributed by atoms with Gasteiger partial charge < -0.3 is 29.6 Å². The molecule has 0 radical (unpaired) electrons. The van der Waals surface area contributed by atoms with Crippen LogP contribution in [-0.2, 0) is 11.4 Å². The first kappa shape index (κ1) is 27.3. The van der Waals surface area contributed by atoms with Crippen LogP contribution in [0.25, 0.3) is 0 Å². The molecule has 7 nitrogen and oxygen atoms in total. The fraction of sp³-hybridized carbons (Fsp3) is 0.229. The average molecular weight is 563 g/mol. The predicted octanol–water partition coefficient (Wildman–Crippen LogP) is 7.27. The highest BCUT2D eigenvalue weighted by Crippen LogP contribution is 2.48. The van der Waals surface area contributed by atoms with Crippen molar-refractivity contribution in [3.63, 3.8) is 0 Å². The molecule has 214 valence electrons. The Bertz CT molecular complexity index is 1610. The highest BCUT2D eigenvalue weighted by Gasteiger charge is 2.37. The first-order chi connectivity index (χ1) is 20.6. The number of para-hydroxylation sites is 3. The molecule has 7 heteroatoms. The summed E-state index contributed by atoms with van der Waals surface area (Å²) in [4.78, 5) is 14.2. The average Bonchev–Trinajstić information content (AvgIpc) is 3.20. The van der Waals surface area contributed by atoms with Gasteiger partial charge in [0.25, 0.3) is 0 Å². The summed E-state index contributed by atoms with van der Waals surface area (Å²) in [6.07, 6.45) is 0.986. The van der Waals surface area contributed by atoms with Crippen molar-refractivity contribution in [1.82, 2.24) is 0 Å². The van der Waals surface area contributed by atoms with Crippen LogP contribution >= 0.6 is 0 Å². The van der Waals surface area contributed by atoms with Crippen LogP contribution in [0.5, 0.6) is 23.0 Å². The zero-order valence-electron chi connectivity index (χ0n) is 24.0. The van der Waals surface area contributed by atoms with E-state index >= 15 is 0 Å². The van der Waals surface area contributed by atoms with Gasteiger partial charge in [0.2, 0.25) is 5.75 Å². The third kappa shape index (κ3) is 5.26. The number of hydrogen-bond donors (Lipinski definition) is 2. The number of methoxy groups -OCH3 is 3. The molecule has 1 heterocycles. The molecule has 2 atom stereocenters. The number of rotatable bonds is 8. The molecule has 42 heavy (non-hydrogen) atoms. The maximum Gasteiger partial charge on any atom is 0.203 e. The maximum absolute atomic E-state index is 14.2. The number of carbonyl (C=O) groups is 1. The van der Waals surface area contributed by atoms with E-state index in [0.717, 1.165) is 45.1 Å². The fourth-order valence-corrected chi connectivity index (χ4v) is 5.88. The van der Waals surface area contributed by atoms with Crippen LogP contribution in [0.15, 0.2) is 102 Å². The van der Waals surface area contributed by atoms with Crippen LogP contribution in [0.4, 0.5) is 11.4 Å². The van der Waals surface area contributed by atoms with Crippen LogP contribution < -0.4 is 29.6 Å². The molecule has 0 aromatic heterocycles. The lowest BCUT2D eigenvalue weighted by Crippen LogP contribution is -2.27. The van der Waals surface area contributed by atoms with Crippen molar-refractivity contribution < 1.29 is 23.7 Å². The number of ketones is 1. The normalized spacial score (nSPS) is 17.6. The summed E-state index contributed by atoms with van der Waals surface area (Å²) in [5, 5.41) is 7.29. The van der Waals surface area contributed by atoms with Crippen LogP contribution in [-0.4, -0.2) is 27.1 Å². The standard InChI is InChI=1S/C35H34N2O5/c1-39-31-19-24(20-32(40-2)35(31)41-3)23-17-28-33(29(38)18-23)34(37-27-15-9-8-14-26(27)36-28)25-13-7-10-16-30(25)42-21-22-11-5-4-6-12-22/h4-16,19-20,23,34,36-37H,17-18,21H2,1-3H3/t23-,34-/m0/s1. The summed E-state index contributed by atoms with van der Waals surface area (Å²) < 4.78 is 23.1. The van der Waals surface area contributed by atoms with Gasteiger partial charge in [0.15, 0.2) is 17.3 Å². The SMILES string of the molecule is COc1cc([C@@H]2CC(=O)C3=C(C2)Nc2ccccc2N[C@H]3c2ccccc2OCc2ccccc2)cc(OC)c1OC. The van der Waals surface area contributed by atoms with E-state index in [2.05, 4.69) is 10.6 Å². The molecule has 0 saturated heterocycles. The molecule has 4 aromatic rings. The molecule has 4 aromatic carbocycles. The molecule has 1 aliphatic carbocycles.